The number of para-hydroxylation sites is 1. The Morgan fingerprint density at radius 1 is 1.22 bits per heavy atom. The average molecular weight is 497 g/mol. The molecule has 10 nitrogen and oxygen atoms in total. The van der Waals surface area contributed by atoms with Crippen molar-refractivity contribution in [3.63, 3.8) is 0 Å². The number of nitrogen functional groups attached to an aromatic ring is 1. The Morgan fingerprint density at radius 3 is 2.84 bits per heavy atom. The molecular weight excluding hydrogens is 468 g/mol. The second-order valence-corrected chi connectivity index (χ2v) is 9.37. The third-order valence-corrected chi connectivity index (χ3v) is 6.84. The van der Waals surface area contributed by atoms with E-state index in [0.717, 1.165) is 30.7 Å². The van der Waals surface area contributed by atoms with E-state index in [9.17, 15) is 4.79 Å². The SMILES string of the molecule is CNCc1ccc(-n2c(=O)c3c(N)n[nH]c3c3cnc(N(C)C[C@H]4CCc5ccccc5O4)nc32)cc1. The van der Waals surface area contributed by atoms with Gasteiger partial charge in [0.05, 0.1) is 23.1 Å². The van der Waals surface area contributed by atoms with E-state index in [2.05, 4.69) is 26.6 Å². The van der Waals surface area contributed by atoms with Crippen LogP contribution < -0.4 is 26.2 Å². The van der Waals surface area contributed by atoms with Gasteiger partial charge in [-0.3, -0.25) is 14.5 Å². The molecule has 1 atom stereocenters. The second-order valence-electron chi connectivity index (χ2n) is 9.37. The average Bonchev–Trinajstić information content (AvgIpc) is 3.31. The molecule has 1 aliphatic rings. The molecule has 4 N–H and O–H groups in total. The van der Waals surface area contributed by atoms with Gasteiger partial charge in [0, 0.05) is 19.8 Å². The van der Waals surface area contributed by atoms with Crippen molar-refractivity contribution in [2.75, 3.05) is 31.3 Å². The van der Waals surface area contributed by atoms with Gasteiger partial charge in [-0.2, -0.15) is 10.1 Å². The summed E-state index contributed by atoms with van der Waals surface area (Å²) in [5.74, 6) is 1.58. The highest BCUT2D eigenvalue weighted by Crippen LogP contribution is 2.29. The van der Waals surface area contributed by atoms with E-state index in [1.807, 2.05) is 61.5 Å². The number of aromatic nitrogens is 5. The molecule has 4 heterocycles. The summed E-state index contributed by atoms with van der Waals surface area (Å²) in [7, 11) is 3.83. The molecule has 0 spiro atoms. The number of likely N-dealkylation sites (N-methyl/N-ethyl adjacent to an activating group) is 1. The topological polar surface area (TPSA) is 127 Å². The number of nitrogens with one attached hydrogen (secondary N) is 2. The number of ether oxygens (including phenoxy) is 1. The van der Waals surface area contributed by atoms with Crippen LogP contribution in [0.2, 0.25) is 0 Å². The highest BCUT2D eigenvalue weighted by atomic mass is 16.5. The Kier molecular flexibility index (Phi) is 5.72. The first-order valence-electron chi connectivity index (χ1n) is 12.3. The van der Waals surface area contributed by atoms with Gasteiger partial charge in [-0.25, -0.2) is 4.98 Å². The minimum atomic E-state index is -0.283. The smallest absolute Gasteiger partial charge is 0.270 e. The Morgan fingerprint density at radius 2 is 2.03 bits per heavy atom. The zero-order chi connectivity index (χ0) is 25.5. The quantitative estimate of drug-likeness (QED) is 0.328. The molecule has 3 aromatic heterocycles. The molecule has 10 heteroatoms. The van der Waals surface area contributed by atoms with Crippen molar-refractivity contribution >= 4 is 33.7 Å². The number of hydrogen-bond acceptors (Lipinski definition) is 8. The van der Waals surface area contributed by atoms with E-state index in [1.165, 1.54) is 5.56 Å². The maximum Gasteiger partial charge on any atom is 0.270 e. The monoisotopic (exact) mass is 496 g/mol. The molecule has 6 rings (SSSR count). The molecule has 37 heavy (non-hydrogen) atoms. The number of pyridine rings is 1. The van der Waals surface area contributed by atoms with Crippen LogP contribution in [-0.2, 0) is 13.0 Å². The normalized spacial score (nSPS) is 15.0. The molecule has 5 aromatic rings. The van der Waals surface area contributed by atoms with Crippen molar-refractivity contribution in [3.8, 4) is 11.4 Å². The fourth-order valence-corrected chi connectivity index (χ4v) is 4.97. The lowest BCUT2D eigenvalue weighted by molar-refractivity contribution is 0.179. The lowest BCUT2D eigenvalue weighted by atomic mass is 10.0. The van der Waals surface area contributed by atoms with Gasteiger partial charge in [0.1, 0.15) is 17.2 Å². The third-order valence-electron chi connectivity index (χ3n) is 6.84. The minimum absolute atomic E-state index is 0.0102. The van der Waals surface area contributed by atoms with Crippen LogP contribution in [-0.4, -0.2) is 51.5 Å². The van der Waals surface area contributed by atoms with Crippen LogP contribution in [0.15, 0.2) is 59.5 Å². The summed E-state index contributed by atoms with van der Waals surface area (Å²) >= 11 is 0. The number of aromatic amines is 1. The summed E-state index contributed by atoms with van der Waals surface area (Å²) in [4.78, 5) is 25.1. The molecule has 0 unspecified atom stereocenters. The number of rotatable bonds is 6. The predicted molar refractivity (Wildman–Crippen MR) is 144 cm³/mol. The van der Waals surface area contributed by atoms with Crippen LogP contribution in [0, 0.1) is 0 Å². The van der Waals surface area contributed by atoms with Crippen molar-refractivity contribution in [2.45, 2.75) is 25.5 Å². The van der Waals surface area contributed by atoms with Crippen LogP contribution >= 0.6 is 0 Å². The van der Waals surface area contributed by atoms with Gasteiger partial charge in [0.2, 0.25) is 5.95 Å². The molecule has 0 saturated carbocycles. The number of anilines is 2. The number of hydrogen-bond donors (Lipinski definition) is 3. The highest BCUT2D eigenvalue weighted by molar-refractivity contribution is 6.05. The van der Waals surface area contributed by atoms with Crippen molar-refractivity contribution in [2.24, 2.45) is 0 Å². The summed E-state index contributed by atoms with van der Waals surface area (Å²) in [6, 6.07) is 15.9. The zero-order valence-corrected chi connectivity index (χ0v) is 20.7. The lowest BCUT2D eigenvalue weighted by Gasteiger charge is -2.29. The summed E-state index contributed by atoms with van der Waals surface area (Å²) in [6.07, 6.45) is 3.61. The van der Waals surface area contributed by atoms with Gasteiger partial charge in [-0.1, -0.05) is 30.3 Å². The predicted octanol–water partition coefficient (Wildman–Crippen LogP) is 2.79. The molecule has 0 fully saturated rings. The van der Waals surface area contributed by atoms with Gasteiger partial charge in [-0.15, -0.1) is 0 Å². The van der Waals surface area contributed by atoms with Gasteiger partial charge in [0.15, 0.2) is 11.5 Å². The third kappa shape index (κ3) is 4.05. The van der Waals surface area contributed by atoms with Crippen LogP contribution in [0.4, 0.5) is 11.8 Å². The van der Waals surface area contributed by atoms with E-state index < -0.39 is 0 Å². The van der Waals surface area contributed by atoms with Gasteiger partial charge in [-0.05, 0) is 49.2 Å². The number of nitrogens with two attached hydrogens (primary N) is 1. The van der Waals surface area contributed by atoms with Crippen LogP contribution in [0.5, 0.6) is 5.75 Å². The van der Waals surface area contributed by atoms with Crippen molar-refractivity contribution in [3.05, 3.63) is 76.2 Å². The lowest BCUT2D eigenvalue weighted by Crippen LogP contribution is -2.36. The molecular formula is C27H28N8O2. The van der Waals surface area contributed by atoms with Gasteiger partial charge in [0.25, 0.3) is 5.56 Å². The number of benzene rings is 2. The first-order chi connectivity index (χ1) is 18.0. The van der Waals surface area contributed by atoms with Crippen molar-refractivity contribution in [1.82, 2.24) is 30.0 Å². The standard InChI is InChI=1S/C27H28N8O2/c1-29-13-16-7-10-18(11-8-16)35-25-20(23-22(26(35)36)24(28)33-32-23)14-30-27(31-25)34(2)15-19-12-9-17-5-3-4-6-21(17)37-19/h3-8,10-11,14,19,29H,9,12-13,15H2,1-2H3,(H3,28,32,33)/t19-/m1/s1. The second kappa shape index (κ2) is 9.21. The minimum Gasteiger partial charge on any atom is -0.488 e. The number of H-pyrrole nitrogens is 1. The Labute approximate surface area is 213 Å². The summed E-state index contributed by atoms with van der Waals surface area (Å²) < 4.78 is 7.81. The Hall–Kier alpha value is -4.44. The molecule has 2 aromatic carbocycles. The van der Waals surface area contributed by atoms with Crippen LogP contribution in [0.25, 0.3) is 27.6 Å². The number of nitrogens with zero attached hydrogens (tertiary/aromatic N) is 5. The van der Waals surface area contributed by atoms with Gasteiger partial charge >= 0.3 is 0 Å². The number of aryl methyl sites for hydroxylation is 1. The fourth-order valence-electron chi connectivity index (χ4n) is 4.97. The van der Waals surface area contributed by atoms with E-state index in [0.29, 0.717) is 40.1 Å². The first-order valence-corrected chi connectivity index (χ1v) is 12.3. The maximum absolute atomic E-state index is 13.7. The Balaban J connectivity index is 1.41. The number of fused-ring (bicyclic) bond motifs is 4. The van der Waals surface area contributed by atoms with Gasteiger partial charge < -0.3 is 20.7 Å². The summed E-state index contributed by atoms with van der Waals surface area (Å²) in [5, 5.41) is 11.1. The fraction of sp³-hybridized carbons (Fsp3) is 0.259. The van der Waals surface area contributed by atoms with Crippen molar-refractivity contribution in [1.29, 1.82) is 0 Å². The van der Waals surface area contributed by atoms with Crippen LogP contribution in [0.3, 0.4) is 0 Å². The maximum atomic E-state index is 13.7. The molecule has 0 radical (unpaired) electrons. The molecule has 0 bridgehead atoms. The van der Waals surface area contributed by atoms with Crippen molar-refractivity contribution < 1.29 is 4.74 Å². The van der Waals surface area contributed by atoms with E-state index >= 15 is 0 Å². The first kappa shape index (κ1) is 23.0. The van der Waals surface area contributed by atoms with E-state index in [1.54, 1.807) is 10.8 Å². The largest absolute Gasteiger partial charge is 0.488 e. The molecule has 0 amide bonds. The van der Waals surface area contributed by atoms with E-state index in [4.69, 9.17) is 15.5 Å². The highest BCUT2D eigenvalue weighted by Gasteiger charge is 2.23. The molecule has 0 aliphatic carbocycles. The Bertz CT molecular complexity index is 1660. The van der Waals surface area contributed by atoms with Crippen LogP contribution in [0.1, 0.15) is 17.5 Å². The summed E-state index contributed by atoms with van der Waals surface area (Å²) in [6.45, 7) is 1.34. The van der Waals surface area contributed by atoms with E-state index in [-0.39, 0.29) is 17.5 Å². The molecule has 188 valence electrons. The summed E-state index contributed by atoms with van der Waals surface area (Å²) in [5.41, 5.74) is 9.83. The zero-order valence-electron chi connectivity index (χ0n) is 20.7. The molecule has 1 aliphatic heterocycles. The molecule has 0 saturated heterocycles.